The number of aliphatic imine (C=N–C) groups is 2. The van der Waals surface area contributed by atoms with E-state index in [2.05, 4.69) is 17.3 Å². The Kier molecular flexibility index (Phi) is 7.59. The molecule has 1 aromatic rings. The smallest absolute Gasteiger partial charge is 0.257 e. The number of aromatic nitrogens is 1. The van der Waals surface area contributed by atoms with Crippen molar-refractivity contribution in [2.24, 2.45) is 33.5 Å². The zero-order chi connectivity index (χ0) is 22.4. The predicted molar refractivity (Wildman–Crippen MR) is 129 cm³/mol. The van der Waals surface area contributed by atoms with Gasteiger partial charge in [0.15, 0.2) is 5.96 Å². The van der Waals surface area contributed by atoms with E-state index in [0.717, 1.165) is 37.2 Å². The second-order valence-electron chi connectivity index (χ2n) is 10.3. The van der Waals surface area contributed by atoms with Crippen molar-refractivity contribution in [3.63, 3.8) is 0 Å². The van der Waals surface area contributed by atoms with Crippen LogP contribution in [0.2, 0.25) is 0 Å². The Morgan fingerprint density at radius 2 is 2.00 bits per heavy atom. The molecule has 4 rings (SSSR count). The summed E-state index contributed by atoms with van der Waals surface area (Å²) in [5.74, 6) is 2.23. The maximum absolute atomic E-state index is 13.3. The molecule has 2 aliphatic carbocycles. The van der Waals surface area contributed by atoms with Crippen LogP contribution >= 0.6 is 0 Å². The van der Waals surface area contributed by atoms with Gasteiger partial charge in [0.1, 0.15) is 5.54 Å². The number of carbonyl (C=O) groups excluding carboxylic acids is 1. The summed E-state index contributed by atoms with van der Waals surface area (Å²) in [7, 11) is 1.78. The van der Waals surface area contributed by atoms with E-state index in [4.69, 9.17) is 15.7 Å². The third-order valence-electron chi connectivity index (χ3n) is 7.83. The fourth-order valence-corrected chi connectivity index (χ4v) is 6.00. The van der Waals surface area contributed by atoms with Crippen LogP contribution in [0.5, 0.6) is 0 Å². The number of nitrogens with zero attached hydrogens (tertiary/aromatic N) is 4. The Hall–Kier alpha value is -2.24. The molecule has 2 N–H and O–H groups in total. The van der Waals surface area contributed by atoms with Gasteiger partial charge in [-0.25, -0.2) is 4.99 Å². The normalized spacial score (nSPS) is 29.6. The van der Waals surface area contributed by atoms with Crippen LogP contribution in [0.3, 0.4) is 0 Å². The molecule has 2 fully saturated rings. The molecular formula is C26H39N5O. The van der Waals surface area contributed by atoms with Gasteiger partial charge in [-0.3, -0.25) is 19.7 Å². The highest BCUT2D eigenvalue weighted by atomic mass is 16.2. The Bertz CT molecular complexity index is 817. The second kappa shape index (κ2) is 10.6. The molecule has 0 aromatic carbocycles. The van der Waals surface area contributed by atoms with Crippen molar-refractivity contribution >= 4 is 18.1 Å². The maximum Gasteiger partial charge on any atom is 0.257 e. The summed E-state index contributed by atoms with van der Waals surface area (Å²) in [6.07, 6.45) is 19.9. The van der Waals surface area contributed by atoms with Crippen LogP contribution < -0.4 is 5.73 Å². The summed E-state index contributed by atoms with van der Waals surface area (Å²) < 4.78 is 0. The van der Waals surface area contributed by atoms with Crippen molar-refractivity contribution in [2.75, 3.05) is 7.05 Å². The van der Waals surface area contributed by atoms with E-state index in [-0.39, 0.29) is 5.91 Å². The highest BCUT2D eigenvalue weighted by Gasteiger charge is 2.47. The highest BCUT2D eigenvalue weighted by Crippen LogP contribution is 2.41. The summed E-state index contributed by atoms with van der Waals surface area (Å²) in [6.45, 7) is 0.685. The van der Waals surface area contributed by atoms with Crippen molar-refractivity contribution in [3.05, 3.63) is 30.1 Å². The molecule has 0 saturated heterocycles. The molecule has 32 heavy (non-hydrogen) atoms. The Morgan fingerprint density at radius 3 is 2.72 bits per heavy atom. The van der Waals surface area contributed by atoms with Crippen molar-refractivity contribution in [1.29, 1.82) is 0 Å². The van der Waals surface area contributed by atoms with Gasteiger partial charge in [0, 0.05) is 25.7 Å². The van der Waals surface area contributed by atoms with Gasteiger partial charge in [-0.1, -0.05) is 51.0 Å². The zero-order valence-electron chi connectivity index (χ0n) is 19.6. The number of carbonyl (C=O) groups is 1. The fourth-order valence-electron chi connectivity index (χ4n) is 6.00. The lowest BCUT2D eigenvalue weighted by molar-refractivity contribution is -0.131. The average Bonchev–Trinajstić information content (AvgIpc) is 3.03. The standard InChI is InChI=1S/C26H39N5O/c1-31-24(32)26(30-25(31)27,13-12-20-7-3-2-4-8-20)16-21-9-5-10-22(15-21)17-29-19-23-11-6-14-28-18-23/h6,11,14,17-18,20-22H,2-5,7-10,12-13,15-16,19H2,1H3,(H2,27,30)/t21-,22?,26+/m0/s1. The number of guanidine groups is 1. The summed E-state index contributed by atoms with van der Waals surface area (Å²) in [4.78, 5) is 28.6. The van der Waals surface area contributed by atoms with Gasteiger partial charge >= 0.3 is 0 Å². The lowest BCUT2D eigenvalue weighted by Gasteiger charge is -2.34. The van der Waals surface area contributed by atoms with E-state index >= 15 is 0 Å². The summed E-state index contributed by atoms with van der Waals surface area (Å²) in [6, 6.07) is 4.02. The first-order chi connectivity index (χ1) is 15.6. The van der Waals surface area contributed by atoms with Crippen LogP contribution in [0.1, 0.15) is 82.6 Å². The molecule has 2 heterocycles. The molecular weight excluding hydrogens is 398 g/mol. The Labute approximate surface area is 192 Å². The molecule has 1 amide bonds. The predicted octanol–water partition coefficient (Wildman–Crippen LogP) is 4.73. The lowest BCUT2D eigenvalue weighted by Crippen LogP contribution is -2.44. The van der Waals surface area contributed by atoms with E-state index in [1.54, 1.807) is 18.1 Å². The number of likely N-dealkylation sites (N-methyl/N-ethyl adjacent to an activating group) is 1. The van der Waals surface area contributed by atoms with Gasteiger partial charge in [-0.2, -0.15) is 0 Å². The van der Waals surface area contributed by atoms with Gasteiger partial charge < -0.3 is 5.73 Å². The van der Waals surface area contributed by atoms with E-state index < -0.39 is 5.54 Å². The van der Waals surface area contributed by atoms with Crippen molar-refractivity contribution in [2.45, 2.75) is 89.1 Å². The number of amides is 1. The second-order valence-corrected chi connectivity index (χ2v) is 10.3. The minimum atomic E-state index is -0.643. The van der Waals surface area contributed by atoms with Gasteiger partial charge in [0.2, 0.25) is 0 Å². The molecule has 3 atom stereocenters. The third kappa shape index (κ3) is 5.57. The monoisotopic (exact) mass is 437 g/mol. The number of nitrogens with two attached hydrogens (primary N) is 1. The highest BCUT2D eigenvalue weighted by molar-refractivity contribution is 6.06. The molecule has 174 valence electrons. The number of rotatable bonds is 8. The van der Waals surface area contributed by atoms with E-state index in [1.807, 2.05) is 12.3 Å². The van der Waals surface area contributed by atoms with Crippen LogP contribution in [-0.2, 0) is 11.3 Å². The minimum Gasteiger partial charge on any atom is -0.369 e. The first kappa shape index (κ1) is 22.9. The van der Waals surface area contributed by atoms with Crippen LogP contribution in [0.4, 0.5) is 0 Å². The molecule has 3 aliphatic rings. The summed E-state index contributed by atoms with van der Waals surface area (Å²) in [5.41, 5.74) is 6.63. The molecule has 2 saturated carbocycles. The van der Waals surface area contributed by atoms with Crippen molar-refractivity contribution in [3.8, 4) is 0 Å². The molecule has 0 bridgehead atoms. The quantitative estimate of drug-likeness (QED) is 0.597. The average molecular weight is 438 g/mol. The number of hydrogen-bond acceptors (Lipinski definition) is 5. The summed E-state index contributed by atoms with van der Waals surface area (Å²) in [5, 5.41) is 0. The Balaban J connectivity index is 1.38. The summed E-state index contributed by atoms with van der Waals surface area (Å²) >= 11 is 0. The van der Waals surface area contributed by atoms with Gasteiger partial charge in [0.25, 0.3) is 5.91 Å². The molecule has 0 radical (unpaired) electrons. The van der Waals surface area contributed by atoms with Crippen LogP contribution in [0, 0.1) is 17.8 Å². The first-order valence-electron chi connectivity index (χ1n) is 12.6. The van der Waals surface area contributed by atoms with Crippen molar-refractivity contribution < 1.29 is 4.79 Å². The molecule has 1 aliphatic heterocycles. The van der Waals surface area contributed by atoms with Crippen molar-refractivity contribution in [1.82, 2.24) is 9.88 Å². The topological polar surface area (TPSA) is 83.9 Å². The van der Waals surface area contributed by atoms with Crippen LogP contribution in [0.25, 0.3) is 0 Å². The van der Waals surface area contributed by atoms with E-state index in [0.29, 0.717) is 24.3 Å². The maximum atomic E-state index is 13.3. The van der Waals surface area contributed by atoms with E-state index in [9.17, 15) is 4.79 Å². The zero-order valence-corrected chi connectivity index (χ0v) is 19.6. The Morgan fingerprint density at radius 1 is 1.19 bits per heavy atom. The number of pyridine rings is 1. The molecule has 0 spiro atoms. The number of hydrogen-bond donors (Lipinski definition) is 1. The van der Waals surface area contributed by atoms with Crippen LogP contribution in [0.15, 0.2) is 34.5 Å². The molecule has 6 nitrogen and oxygen atoms in total. The molecule has 1 aromatic heterocycles. The SMILES string of the molecule is CN1C(=O)[C@@](CCC2CCCCC2)(C[C@H]2CCCC(C=NCc3cccnc3)C2)N=C1N. The van der Waals surface area contributed by atoms with Crippen LogP contribution in [-0.4, -0.2) is 40.6 Å². The molecule has 1 unspecified atom stereocenters. The van der Waals surface area contributed by atoms with Gasteiger partial charge in [-0.05, 0) is 61.5 Å². The minimum absolute atomic E-state index is 0.109. The first-order valence-corrected chi connectivity index (χ1v) is 12.6. The molecule has 6 heteroatoms. The third-order valence-corrected chi connectivity index (χ3v) is 7.83. The van der Waals surface area contributed by atoms with Gasteiger partial charge in [0.05, 0.1) is 6.54 Å². The van der Waals surface area contributed by atoms with Gasteiger partial charge in [-0.15, -0.1) is 0 Å². The lowest BCUT2D eigenvalue weighted by atomic mass is 9.73. The fraction of sp³-hybridized carbons (Fsp3) is 0.692. The van der Waals surface area contributed by atoms with E-state index in [1.165, 1.54) is 51.4 Å². The largest absolute Gasteiger partial charge is 0.369 e.